The zero-order chi connectivity index (χ0) is 33.5. The molecule has 8 rings (SSSR count). The molecule has 49 heavy (non-hydrogen) atoms. The van der Waals surface area contributed by atoms with Crippen molar-refractivity contribution in [3.8, 4) is 33.8 Å². The molecular formula is C43H46N2O4. The molecule has 0 amide bonds. The average Bonchev–Trinajstić information content (AvgIpc) is 3.11. The Kier molecular flexibility index (Phi) is 8.85. The van der Waals surface area contributed by atoms with E-state index in [4.69, 9.17) is 9.47 Å². The van der Waals surface area contributed by atoms with Gasteiger partial charge in [-0.3, -0.25) is 19.4 Å². The lowest BCUT2D eigenvalue weighted by molar-refractivity contribution is -0.136. The van der Waals surface area contributed by atoms with Gasteiger partial charge in [-0.25, -0.2) is 0 Å². The van der Waals surface area contributed by atoms with Gasteiger partial charge in [0.05, 0.1) is 0 Å². The minimum absolute atomic E-state index is 0.147. The van der Waals surface area contributed by atoms with Crippen LogP contribution in [0.1, 0.15) is 91.4 Å². The molecule has 0 radical (unpaired) electrons. The molecule has 2 heterocycles. The predicted molar refractivity (Wildman–Crippen MR) is 193 cm³/mol. The summed E-state index contributed by atoms with van der Waals surface area (Å²) in [4.78, 5) is 31.3. The Hall–Kier alpha value is -4.26. The Labute approximate surface area is 290 Å². The lowest BCUT2D eigenvalue weighted by atomic mass is 9.77. The van der Waals surface area contributed by atoms with E-state index in [9.17, 15) is 9.59 Å². The normalized spacial score (nSPS) is 18.9. The molecule has 2 aliphatic heterocycles. The van der Waals surface area contributed by atoms with Crippen LogP contribution >= 0.6 is 0 Å². The summed E-state index contributed by atoms with van der Waals surface area (Å²) in [5, 5.41) is 0. The number of esters is 2. The Morgan fingerprint density at radius 2 is 1.24 bits per heavy atom. The predicted octanol–water partition coefficient (Wildman–Crippen LogP) is 8.43. The molecule has 0 saturated heterocycles. The highest BCUT2D eigenvalue weighted by Gasteiger charge is 2.36. The highest BCUT2D eigenvalue weighted by atomic mass is 16.5. The number of nitrogens with zero attached hydrogens (tertiary/aromatic N) is 2. The van der Waals surface area contributed by atoms with Gasteiger partial charge in [0, 0.05) is 43.6 Å². The number of ether oxygens (including phenoxy) is 2. The highest BCUT2D eigenvalue weighted by Crippen LogP contribution is 2.49. The van der Waals surface area contributed by atoms with Crippen LogP contribution < -0.4 is 9.47 Å². The number of fused-ring (bicyclic) bond motifs is 4. The summed E-state index contributed by atoms with van der Waals surface area (Å²) < 4.78 is 11.8. The molecule has 0 aromatic heterocycles. The van der Waals surface area contributed by atoms with Gasteiger partial charge >= 0.3 is 11.9 Å². The van der Waals surface area contributed by atoms with E-state index in [2.05, 4.69) is 72.2 Å². The molecule has 0 saturated carbocycles. The maximum absolute atomic E-state index is 13.1. The summed E-state index contributed by atoms with van der Waals surface area (Å²) in [7, 11) is 0. The first-order chi connectivity index (χ1) is 24.0. The second-order valence-electron chi connectivity index (χ2n) is 14.2. The number of hydrogen-bond donors (Lipinski definition) is 0. The monoisotopic (exact) mass is 654 g/mol. The van der Waals surface area contributed by atoms with Crippen molar-refractivity contribution in [2.45, 2.75) is 83.7 Å². The summed E-state index contributed by atoms with van der Waals surface area (Å²) in [6.07, 6.45) is 6.96. The third-order valence-electron chi connectivity index (χ3n) is 11.1. The zero-order valence-electron chi connectivity index (χ0n) is 28.8. The molecule has 252 valence electrons. The first-order valence-corrected chi connectivity index (χ1v) is 18.4. The van der Waals surface area contributed by atoms with Crippen molar-refractivity contribution in [2.24, 2.45) is 0 Å². The van der Waals surface area contributed by atoms with E-state index in [0.717, 1.165) is 75.8 Å². The van der Waals surface area contributed by atoms with Crippen molar-refractivity contribution in [2.75, 3.05) is 26.2 Å². The van der Waals surface area contributed by atoms with Gasteiger partial charge in [0.25, 0.3) is 0 Å². The first kappa shape index (κ1) is 32.0. The number of hydrogen-bond acceptors (Lipinski definition) is 6. The van der Waals surface area contributed by atoms with Crippen LogP contribution in [0.4, 0.5) is 0 Å². The largest absolute Gasteiger partial charge is 0.427 e. The molecule has 4 aliphatic rings. The summed E-state index contributed by atoms with van der Waals surface area (Å²) in [6.45, 7) is 8.88. The van der Waals surface area contributed by atoms with E-state index in [-0.39, 0.29) is 24.8 Å². The van der Waals surface area contributed by atoms with E-state index in [1.54, 1.807) is 0 Å². The molecule has 0 spiro atoms. The Bertz CT molecular complexity index is 1910. The van der Waals surface area contributed by atoms with Crippen molar-refractivity contribution in [3.05, 3.63) is 106 Å². The number of carbonyl (C=O) groups excluding carboxylic acids is 2. The van der Waals surface area contributed by atoms with Gasteiger partial charge < -0.3 is 9.47 Å². The summed E-state index contributed by atoms with van der Waals surface area (Å²) in [5.41, 5.74) is 12.9. The number of rotatable bonds is 10. The van der Waals surface area contributed by atoms with Gasteiger partial charge in [0.15, 0.2) is 0 Å². The van der Waals surface area contributed by atoms with Crippen molar-refractivity contribution in [1.82, 2.24) is 9.80 Å². The quantitative estimate of drug-likeness (QED) is 0.126. The fourth-order valence-corrected chi connectivity index (χ4v) is 9.01. The van der Waals surface area contributed by atoms with Gasteiger partial charge in [0.1, 0.15) is 11.5 Å². The lowest BCUT2D eigenvalue weighted by Gasteiger charge is -2.41. The summed E-state index contributed by atoms with van der Waals surface area (Å²) in [6, 6.07) is 26.1. The van der Waals surface area contributed by atoms with Crippen LogP contribution in [0.5, 0.6) is 11.5 Å². The standard InChI is InChI=1S/C43H46N2O4/c1-3-21-44-23-19-28-9-5-12-33-35-27-32(18-17-30(35)25-36(44)41(28)33)48-39(46)15-8-16-40(47)49-38-14-7-11-31-26-37-42-29(20-24-45(37)22-4-2)10-6-13-34(42)43(31)38/h5-7,9-14,17-18,27,36-37H,3-4,8,15-16,19-26H2,1-2H3/t36-,37-/m1/s1. The molecular weight excluding hydrogens is 608 g/mol. The maximum Gasteiger partial charge on any atom is 0.311 e. The Morgan fingerprint density at radius 1 is 0.653 bits per heavy atom. The van der Waals surface area contributed by atoms with Crippen LogP contribution in [0.2, 0.25) is 0 Å². The number of carbonyl (C=O) groups is 2. The minimum atomic E-state index is -0.332. The first-order valence-electron chi connectivity index (χ1n) is 18.4. The van der Waals surface area contributed by atoms with Gasteiger partial charge in [-0.1, -0.05) is 68.4 Å². The van der Waals surface area contributed by atoms with Crippen LogP contribution in [0.15, 0.2) is 72.8 Å². The molecule has 2 atom stereocenters. The maximum atomic E-state index is 13.1. The molecule has 4 aromatic rings. The van der Waals surface area contributed by atoms with Gasteiger partial charge in [-0.05, 0) is 126 Å². The Morgan fingerprint density at radius 3 is 1.94 bits per heavy atom. The third kappa shape index (κ3) is 6.00. The van der Waals surface area contributed by atoms with Crippen molar-refractivity contribution in [1.29, 1.82) is 0 Å². The van der Waals surface area contributed by atoms with E-state index < -0.39 is 0 Å². The molecule has 0 bridgehead atoms. The van der Waals surface area contributed by atoms with E-state index >= 15 is 0 Å². The van der Waals surface area contributed by atoms with E-state index in [0.29, 0.717) is 30.0 Å². The zero-order valence-corrected chi connectivity index (χ0v) is 28.8. The van der Waals surface area contributed by atoms with Gasteiger partial charge in [-0.15, -0.1) is 0 Å². The molecule has 4 aromatic carbocycles. The Balaban J connectivity index is 0.913. The third-order valence-corrected chi connectivity index (χ3v) is 11.1. The smallest absolute Gasteiger partial charge is 0.311 e. The second kappa shape index (κ2) is 13.6. The van der Waals surface area contributed by atoms with Crippen molar-refractivity contribution in [3.63, 3.8) is 0 Å². The van der Waals surface area contributed by atoms with Crippen LogP contribution in [0.25, 0.3) is 22.3 Å². The lowest BCUT2D eigenvalue weighted by Crippen LogP contribution is -2.38. The van der Waals surface area contributed by atoms with E-state index in [1.807, 2.05) is 24.3 Å². The molecule has 6 heteroatoms. The molecule has 6 nitrogen and oxygen atoms in total. The van der Waals surface area contributed by atoms with Gasteiger partial charge in [0.2, 0.25) is 0 Å². The van der Waals surface area contributed by atoms with Crippen molar-refractivity contribution < 1.29 is 19.1 Å². The van der Waals surface area contributed by atoms with Crippen LogP contribution in [-0.4, -0.2) is 47.9 Å². The summed E-state index contributed by atoms with van der Waals surface area (Å²) >= 11 is 0. The summed E-state index contributed by atoms with van der Waals surface area (Å²) in [5.74, 6) is 0.514. The minimum Gasteiger partial charge on any atom is -0.427 e. The van der Waals surface area contributed by atoms with Crippen LogP contribution in [-0.2, 0) is 35.3 Å². The molecule has 2 aliphatic carbocycles. The SMILES string of the molecule is CCCN1CCc2cccc3c2[C@H]1Cc1ccc(OC(=O)CCCC(=O)Oc2cccc4c2-c2cccc5c2[C@@H](C4)N(CCC)CC5)cc1-3. The topological polar surface area (TPSA) is 59.1 Å². The highest BCUT2D eigenvalue weighted by molar-refractivity contribution is 5.84. The van der Waals surface area contributed by atoms with E-state index in [1.165, 1.54) is 44.5 Å². The van der Waals surface area contributed by atoms with Gasteiger partial charge in [-0.2, -0.15) is 0 Å². The molecule has 0 fully saturated rings. The molecule has 0 N–H and O–H groups in total. The van der Waals surface area contributed by atoms with Crippen molar-refractivity contribution >= 4 is 11.9 Å². The second-order valence-corrected chi connectivity index (χ2v) is 14.2. The molecule has 0 unspecified atom stereocenters. The van der Waals surface area contributed by atoms with Crippen LogP contribution in [0.3, 0.4) is 0 Å². The average molecular weight is 655 g/mol. The van der Waals surface area contributed by atoms with Crippen LogP contribution in [0, 0.1) is 0 Å². The fourth-order valence-electron chi connectivity index (χ4n) is 9.01. The number of benzene rings is 4. The fraction of sp³-hybridized carbons (Fsp3) is 0.395.